The fourth-order valence-electron chi connectivity index (χ4n) is 3.35. The second-order valence-corrected chi connectivity index (χ2v) is 8.62. The first-order valence-corrected chi connectivity index (χ1v) is 10.8. The van der Waals surface area contributed by atoms with Gasteiger partial charge in [-0.3, -0.25) is 9.69 Å². The largest absolute Gasteiger partial charge is 0.273 e. The second-order valence-electron chi connectivity index (χ2n) is 7.45. The third kappa shape index (κ3) is 4.43. The molecule has 0 spiro atoms. The highest BCUT2D eigenvalue weighted by atomic mass is 32.2. The van der Waals surface area contributed by atoms with Gasteiger partial charge in [0, 0.05) is 0 Å². The smallest absolute Gasteiger partial charge is 0.247 e. The van der Waals surface area contributed by atoms with E-state index >= 15 is 0 Å². The number of hydrogen-bond donors (Lipinski definition) is 0. The van der Waals surface area contributed by atoms with E-state index in [1.807, 2.05) is 60.7 Å². The Bertz CT molecular complexity index is 998. The highest BCUT2D eigenvalue weighted by Crippen LogP contribution is 2.35. The van der Waals surface area contributed by atoms with Crippen LogP contribution in [-0.2, 0) is 11.2 Å². The molecule has 0 saturated carbocycles. The van der Waals surface area contributed by atoms with Crippen LogP contribution in [0.15, 0.2) is 89.9 Å². The van der Waals surface area contributed by atoms with Crippen molar-refractivity contribution in [3.8, 4) is 0 Å². The summed E-state index contributed by atoms with van der Waals surface area (Å²) in [6.45, 7) is 4.38. The summed E-state index contributed by atoms with van der Waals surface area (Å²) in [5.41, 5.74) is 4.20. The van der Waals surface area contributed by atoms with Gasteiger partial charge >= 0.3 is 0 Å². The van der Waals surface area contributed by atoms with Crippen molar-refractivity contribution in [2.24, 2.45) is 4.99 Å². The van der Waals surface area contributed by atoms with Crippen LogP contribution in [0.5, 0.6) is 0 Å². The molecule has 0 radical (unpaired) electrons. The maximum Gasteiger partial charge on any atom is 0.247 e. The number of amidine groups is 1. The molecular weight excluding hydrogens is 376 g/mol. The Morgan fingerprint density at radius 2 is 1.52 bits per heavy atom. The van der Waals surface area contributed by atoms with E-state index in [9.17, 15) is 4.79 Å². The summed E-state index contributed by atoms with van der Waals surface area (Å²) >= 11 is 1.55. The van der Waals surface area contributed by atoms with Crippen molar-refractivity contribution in [1.29, 1.82) is 0 Å². The summed E-state index contributed by atoms with van der Waals surface area (Å²) in [6.07, 6.45) is 0.693. The van der Waals surface area contributed by atoms with E-state index in [-0.39, 0.29) is 11.2 Å². The van der Waals surface area contributed by atoms with Gasteiger partial charge in [-0.15, -0.1) is 0 Å². The number of carbonyl (C=O) groups is 1. The van der Waals surface area contributed by atoms with Crippen LogP contribution in [0.2, 0.25) is 0 Å². The molecule has 146 valence electrons. The molecule has 1 saturated heterocycles. The van der Waals surface area contributed by atoms with Gasteiger partial charge in [0.2, 0.25) is 5.91 Å². The monoisotopic (exact) mass is 400 g/mol. The molecular formula is C25H24N2OS. The van der Waals surface area contributed by atoms with Gasteiger partial charge in [-0.2, -0.15) is 0 Å². The van der Waals surface area contributed by atoms with Gasteiger partial charge in [0.15, 0.2) is 5.17 Å². The van der Waals surface area contributed by atoms with E-state index in [1.165, 1.54) is 11.1 Å². The zero-order valence-electron chi connectivity index (χ0n) is 16.7. The number of amides is 1. The minimum atomic E-state index is -0.178. The van der Waals surface area contributed by atoms with E-state index in [2.05, 4.69) is 38.1 Å². The lowest BCUT2D eigenvalue weighted by Crippen LogP contribution is -2.32. The number of anilines is 1. The van der Waals surface area contributed by atoms with Crippen LogP contribution in [-0.4, -0.2) is 16.3 Å². The molecule has 1 fully saturated rings. The molecule has 1 unspecified atom stereocenters. The van der Waals surface area contributed by atoms with Crippen LogP contribution in [0.1, 0.15) is 30.9 Å². The first-order valence-electron chi connectivity index (χ1n) is 9.90. The zero-order chi connectivity index (χ0) is 20.2. The van der Waals surface area contributed by atoms with Crippen molar-refractivity contribution in [3.63, 3.8) is 0 Å². The third-order valence-corrected chi connectivity index (χ3v) is 6.14. The molecule has 29 heavy (non-hydrogen) atoms. The predicted octanol–water partition coefficient (Wildman–Crippen LogP) is 6.19. The summed E-state index contributed by atoms with van der Waals surface area (Å²) in [4.78, 5) is 19.8. The first kappa shape index (κ1) is 19.5. The molecule has 3 nitrogen and oxygen atoms in total. The van der Waals surface area contributed by atoms with Crippen molar-refractivity contribution in [2.75, 3.05) is 4.90 Å². The van der Waals surface area contributed by atoms with Crippen LogP contribution in [0.4, 0.5) is 11.4 Å². The molecule has 0 N–H and O–H groups in total. The molecule has 0 bridgehead atoms. The molecule has 4 rings (SSSR count). The molecule has 1 heterocycles. The number of para-hydroxylation sites is 2. The molecule has 1 aliphatic rings. The van der Waals surface area contributed by atoms with Gasteiger partial charge < -0.3 is 0 Å². The predicted molar refractivity (Wildman–Crippen MR) is 123 cm³/mol. The highest BCUT2D eigenvalue weighted by Gasteiger charge is 2.39. The fourth-order valence-corrected chi connectivity index (χ4v) is 4.55. The van der Waals surface area contributed by atoms with Crippen LogP contribution in [0.25, 0.3) is 0 Å². The number of carbonyl (C=O) groups excluding carboxylic acids is 1. The minimum absolute atomic E-state index is 0.0869. The third-order valence-electron chi connectivity index (χ3n) is 5.00. The van der Waals surface area contributed by atoms with Crippen LogP contribution < -0.4 is 4.90 Å². The van der Waals surface area contributed by atoms with Crippen molar-refractivity contribution in [1.82, 2.24) is 0 Å². The molecule has 1 amide bonds. The van der Waals surface area contributed by atoms with Gasteiger partial charge in [0.05, 0.1) is 16.6 Å². The Balaban J connectivity index is 1.63. The maximum atomic E-state index is 13.3. The number of benzene rings is 3. The Labute approximate surface area is 176 Å². The van der Waals surface area contributed by atoms with Gasteiger partial charge in [0.25, 0.3) is 0 Å². The molecule has 3 aromatic carbocycles. The van der Waals surface area contributed by atoms with Crippen LogP contribution in [0.3, 0.4) is 0 Å². The van der Waals surface area contributed by atoms with Crippen molar-refractivity contribution in [2.45, 2.75) is 31.4 Å². The van der Waals surface area contributed by atoms with Gasteiger partial charge in [-0.05, 0) is 47.7 Å². The van der Waals surface area contributed by atoms with E-state index < -0.39 is 0 Å². The number of thioether (sulfide) groups is 1. The Morgan fingerprint density at radius 1 is 0.897 bits per heavy atom. The number of hydrogen-bond acceptors (Lipinski definition) is 3. The Kier molecular flexibility index (Phi) is 5.81. The van der Waals surface area contributed by atoms with Crippen LogP contribution >= 0.6 is 11.8 Å². The SMILES string of the molecule is CC(C)c1ccc(CC2SC(=Nc3ccccc3)N(c3ccccc3)C2=O)cc1. The highest BCUT2D eigenvalue weighted by molar-refractivity contribution is 8.16. The average Bonchev–Trinajstić information content (AvgIpc) is 3.04. The normalized spacial score (nSPS) is 18.0. The maximum absolute atomic E-state index is 13.3. The van der Waals surface area contributed by atoms with Gasteiger partial charge in [-0.1, -0.05) is 86.3 Å². The Hall–Kier alpha value is -2.85. The molecule has 4 heteroatoms. The number of nitrogens with zero attached hydrogens (tertiary/aromatic N) is 2. The van der Waals surface area contributed by atoms with Gasteiger partial charge in [-0.25, -0.2) is 4.99 Å². The average molecular weight is 401 g/mol. The molecule has 3 aromatic rings. The summed E-state index contributed by atoms with van der Waals surface area (Å²) < 4.78 is 0. The summed E-state index contributed by atoms with van der Waals surface area (Å²) in [6, 6.07) is 28.2. The minimum Gasteiger partial charge on any atom is -0.273 e. The topological polar surface area (TPSA) is 32.7 Å². The number of rotatable bonds is 5. The fraction of sp³-hybridized carbons (Fsp3) is 0.200. The zero-order valence-corrected chi connectivity index (χ0v) is 17.5. The summed E-state index contributed by atoms with van der Waals surface area (Å²) in [5.74, 6) is 0.591. The molecule has 0 aromatic heterocycles. The van der Waals surface area contributed by atoms with Crippen molar-refractivity contribution < 1.29 is 4.79 Å². The van der Waals surface area contributed by atoms with Crippen molar-refractivity contribution >= 4 is 34.2 Å². The van der Waals surface area contributed by atoms with E-state index in [1.54, 1.807) is 16.7 Å². The van der Waals surface area contributed by atoms with Gasteiger partial charge in [0.1, 0.15) is 0 Å². The molecule has 0 aliphatic carbocycles. The van der Waals surface area contributed by atoms with Crippen LogP contribution in [0, 0.1) is 0 Å². The first-order chi connectivity index (χ1) is 14.1. The lowest BCUT2D eigenvalue weighted by molar-refractivity contribution is -0.116. The van der Waals surface area contributed by atoms with Crippen molar-refractivity contribution in [3.05, 3.63) is 96.1 Å². The lowest BCUT2D eigenvalue weighted by atomic mass is 10.00. The van der Waals surface area contributed by atoms with E-state index in [0.717, 1.165) is 16.5 Å². The standard InChI is InChI=1S/C25H24N2OS/c1-18(2)20-15-13-19(14-16-20)17-23-24(28)27(22-11-7-4-8-12-22)25(29-23)26-21-9-5-3-6-10-21/h3-16,18,23H,17H2,1-2H3. The summed E-state index contributed by atoms with van der Waals surface area (Å²) in [7, 11) is 0. The number of aliphatic imine (C=N–C) groups is 1. The van der Waals surface area contributed by atoms with E-state index in [4.69, 9.17) is 4.99 Å². The molecule has 1 atom stereocenters. The van der Waals surface area contributed by atoms with E-state index in [0.29, 0.717) is 12.3 Å². The second kappa shape index (κ2) is 8.66. The molecule has 1 aliphatic heterocycles. The quantitative estimate of drug-likeness (QED) is 0.512. The lowest BCUT2D eigenvalue weighted by Gasteiger charge is -2.16. The Morgan fingerprint density at radius 3 is 2.14 bits per heavy atom. The summed E-state index contributed by atoms with van der Waals surface area (Å²) in [5, 5.41) is 0.554.